The number of rotatable bonds is 4. The number of thioether (sulfide) groups is 1. The molecule has 0 radical (unpaired) electrons. The van der Waals surface area contributed by atoms with E-state index < -0.39 is 5.54 Å². The SMILES string of the molecule is CC1(C)NC(=O)N(CCSc2nc3ccccc3s2)C1=O. The van der Waals surface area contributed by atoms with Gasteiger partial charge in [-0.2, -0.15) is 0 Å². The first-order valence-corrected chi connectivity index (χ1v) is 8.40. The van der Waals surface area contributed by atoms with Crippen molar-refractivity contribution in [3.63, 3.8) is 0 Å². The van der Waals surface area contributed by atoms with Crippen molar-refractivity contribution in [1.29, 1.82) is 0 Å². The average Bonchev–Trinajstić information content (AvgIpc) is 2.92. The number of nitrogens with one attached hydrogen (secondary N) is 1. The number of fused-ring (bicyclic) bond motifs is 1. The van der Waals surface area contributed by atoms with E-state index >= 15 is 0 Å². The van der Waals surface area contributed by atoms with E-state index in [2.05, 4.69) is 10.3 Å². The number of hydrogen-bond donors (Lipinski definition) is 1. The minimum absolute atomic E-state index is 0.169. The highest BCUT2D eigenvalue weighted by atomic mass is 32.2. The predicted molar refractivity (Wildman–Crippen MR) is 84.7 cm³/mol. The zero-order valence-corrected chi connectivity index (χ0v) is 13.4. The minimum atomic E-state index is -0.794. The highest BCUT2D eigenvalue weighted by Gasteiger charge is 2.43. The Bertz CT molecular complexity index is 678. The summed E-state index contributed by atoms with van der Waals surface area (Å²) in [6.45, 7) is 3.83. The van der Waals surface area contributed by atoms with Crippen molar-refractivity contribution in [3.05, 3.63) is 24.3 Å². The zero-order valence-electron chi connectivity index (χ0n) is 11.8. The van der Waals surface area contributed by atoms with E-state index in [-0.39, 0.29) is 11.9 Å². The summed E-state index contributed by atoms with van der Waals surface area (Å²) in [5.74, 6) is 0.479. The molecule has 2 heterocycles. The van der Waals surface area contributed by atoms with Crippen LogP contribution in [0.1, 0.15) is 13.8 Å². The fraction of sp³-hybridized carbons (Fsp3) is 0.357. The van der Waals surface area contributed by atoms with Crippen molar-refractivity contribution >= 4 is 45.3 Å². The van der Waals surface area contributed by atoms with Crippen LogP contribution in [0, 0.1) is 0 Å². The number of imide groups is 1. The van der Waals surface area contributed by atoms with Crippen molar-refractivity contribution in [1.82, 2.24) is 15.2 Å². The average molecular weight is 321 g/mol. The van der Waals surface area contributed by atoms with Crippen LogP contribution >= 0.6 is 23.1 Å². The van der Waals surface area contributed by atoms with Crippen LogP contribution in [0.15, 0.2) is 28.6 Å². The van der Waals surface area contributed by atoms with E-state index in [1.807, 2.05) is 24.3 Å². The maximum absolute atomic E-state index is 12.0. The molecule has 1 aromatic carbocycles. The molecule has 1 aromatic heterocycles. The molecule has 3 rings (SSSR count). The standard InChI is InChI=1S/C14H15N3O2S2/c1-14(2)11(18)17(12(19)16-14)7-8-20-13-15-9-5-3-4-6-10(9)21-13/h3-6H,7-8H2,1-2H3,(H,16,19). The third-order valence-electron chi connectivity index (χ3n) is 3.26. The molecule has 0 spiro atoms. The van der Waals surface area contributed by atoms with E-state index in [1.165, 1.54) is 4.90 Å². The van der Waals surface area contributed by atoms with Crippen LogP contribution < -0.4 is 5.32 Å². The number of amides is 3. The number of thiazole rings is 1. The van der Waals surface area contributed by atoms with Gasteiger partial charge in [0.25, 0.3) is 5.91 Å². The van der Waals surface area contributed by atoms with Crippen LogP contribution in [0.5, 0.6) is 0 Å². The second-order valence-corrected chi connectivity index (χ2v) is 7.68. The van der Waals surface area contributed by atoms with E-state index in [9.17, 15) is 9.59 Å². The highest BCUT2D eigenvalue weighted by Crippen LogP contribution is 2.29. The second-order valence-electron chi connectivity index (χ2n) is 5.31. The summed E-state index contributed by atoms with van der Waals surface area (Å²) >= 11 is 3.20. The van der Waals surface area contributed by atoms with E-state index in [1.54, 1.807) is 36.9 Å². The molecule has 5 nitrogen and oxygen atoms in total. The largest absolute Gasteiger partial charge is 0.325 e. The molecule has 7 heteroatoms. The van der Waals surface area contributed by atoms with Gasteiger partial charge in [-0.15, -0.1) is 11.3 Å². The first-order chi connectivity index (χ1) is 9.97. The Labute approximate surface area is 130 Å². The molecule has 0 aliphatic carbocycles. The Morgan fingerprint density at radius 1 is 1.33 bits per heavy atom. The zero-order chi connectivity index (χ0) is 15.0. The van der Waals surface area contributed by atoms with Gasteiger partial charge in [-0.25, -0.2) is 9.78 Å². The summed E-state index contributed by atoms with van der Waals surface area (Å²) in [5, 5.41) is 2.68. The summed E-state index contributed by atoms with van der Waals surface area (Å²) in [6, 6.07) is 7.66. The molecule has 1 N–H and O–H groups in total. The van der Waals surface area contributed by atoms with Gasteiger partial charge in [-0.05, 0) is 26.0 Å². The van der Waals surface area contributed by atoms with Gasteiger partial charge in [-0.3, -0.25) is 9.69 Å². The van der Waals surface area contributed by atoms with Gasteiger partial charge in [0.05, 0.1) is 10.2 Å². The molecule has 0 atom stereocenters. The lowest BCUT2D eigenvalue weighted by Crippen LogP contribution is -2.40. The number of hydrogen-bond acceptors (Lipinski definition) is 5. The highest BCUT2D eigenvalue weighted by molar-refractivity contribution is 8.01. The summed E-state index contributed by atoms with van der Waals surface area (Å²) in [6.07, 6.45) is 0. The Hall–Kier alpha value is -1.60. The van der Waals surface area contributed by atoms with Crippen molar-refractivity contribution in [2.75, 3.05) is 12.3 Å². The number of aromatic nitrogens is 1. The monoisotopic (exact) mass is 321 g/mol. The van der Waals surface area contributed by atoms with Gasteiger partial charge >= 0.3 is 6.03 Å². The van der Waals surface area contributed by atoms with Crippen molar-refractivity contribution in [3.8, 4) is 0 Å². The Morgan fingerprint density at radius 2 is 2.10 bits per heavy atom. The lowest BCUT2D eigenvalue weighted by atomic mass is 10.1. The number of urea groups is 1. The van der Waals surface area contributed by atoms with E-state index in [0.29, 0.717) is 12.3 Å². The molecule has 0 bridgehead atoms. The van der Waals surface area contributed by atoms with Crippen molar-refractivity contribution in [2.24, 2.45) is 0 Å². The fourth-order valence-corrected chi connectivity index (χ4v) is 4.22. The van der Waals surface area contributed by atoms with Gasteiger partial charge in [0.2, 0.25) is 0 Å². The molecular weight excluding hydrogens is 306 g/mol. The number of para-hydroxylation sites is 1. The Balaban J connectivity index is 1.61. The predicted octanol–water partition coefficient (Wildman–Crippen LogP) is 2.72. The molecule has 0 saturated carbocycles. The number of carbonyl (C=O) groups excluding carboxylic acids is 2. The number of benzene rings is 1. The molecule has 21 heavy (non-hydrogen) atoms. The van der Waals surface area contributed by atoms with Crippen LogP contribution in [0.25, 0.3) is 10.2 Å². The van der Waals surface area contributed by atoms with Crippen LogP contribution in [-0.4, -0.2) is 39.7 Å². The molecule has 1 fully saturated rings. The number of nitrogens with zero attached hydrogens (tertiary/aromatic N) is 2. The molecular formula is C14H15N3O2S2. The summed E-state index contributed by atoms with van der Waals surface area (Å²) in [7, 11) is 0. The van der Waals surface area contributed by atoms with Gasteiger partial charge in [0.15, 0.2) is 4.34 Å². The van der Waals surface area contributed by atoms with Crippen molar-refractivity contribution in [2.45, 2.75) is 23.7 Å². The first-order valence-electron chi connectivity index (χ1n) is 6.60. The normalized spacial score (nSPS) is 17.5. The molecule has 0 unspecified atom stereocenters. The smallest absolute Gasteiger partial charge is 0.324 e. The molecule has 1 aliphatic heterocycles. The molecule has 2 aromatic rings. The van der Waals surface area contributed by atoms with Crippen molar-refractivity contribution < 1.29 is 9.59 Å². The van der Waals surface area contributed by atoms with Crippen LogP contribution in [-0.2, 0) is 4.79 Å². The maximum atomic E-state index is 12.0. The van der Waals surface area contributed by atoms with Crippen LogP contribution in [0.2, 0.25) is 0 Å². The summed E-state index contributed by atoms with van der Waals surface area (Å²) in [4.78, 5) is 29.6. The van der Waals surface area contributed by atoms with Gasteiger partial charge in [-0.1, -0.05) is 23.9 Å². The minimum Gasteiger partial charge on any atom is -0.324 e. The summed E-state index contributed by atoms with van der Waals surface area (Å²) in [5.41, 5.74) is 0.193. The lowest BCUT2D eigenvalue weighted by Gasteiger charge is -2.15. The van der Waals surface area contributed by atoms with E-state index in [0.717, 1.165) is 14.6 Å². The number of carbonyl (C=O) groups is 2. The molecule has 3 amide bonds. The van der Waals surface area contributed by atoms with Gasteiger partial charge < -0.3 is 5.32 Å². The quantitative estimate of drug-likeness (QED) is 0.695. The topological polar surface area (TPSA) is 62.3 Å². The third-order valence-corrected chi connectivity index (χ3v) is 5.42. The Kier molecular flexibility index (Phi) is 3.62. The van der Waals surface area contributed by atoms with Crippen LogP contribution in [0.3, 0.4) is 0 Å². The van der Waals surface area contributed by atoms with E-state index in [4.69, 9.17) is 0 Å². The fourth-order valence-electron chi connectivity index (χ4n) is 2.16. The van der Waals surface area contributed by atoms with Crippen LogP contribution in [0.4, 0.5) is 4.79 Å². The first kappa shape index (κ1) is 14.3. The molecule has 1 saturated heterocycles. The lowest BCUT2D eigenvalue weighted by molar-refractivity contribution is -0.130. The Morgan fingerprint density at radius 3 is 2.76 bits per heavy atom. The third kappa shape index (κ3) is 2.75. The van der Waals surface area contributed by atoms with Gasteiger partial charge in [0, 0.05) is 12.3 Å². The maximum Gasteiger partial charge on any atom is 0.325 e. The summed E-state index contributed by atoms with van der Waals surface area (Å²) < 4.78 is 2.11. The second kappa shape index (κ2) is 5.31. The molecule has 110 valence electrons. The van der Waals surface area contributed by atoms with Gasteiger partial charge in [0.1, 0.15) is 5.54 Å². The molecule has 1 aliphatic rings.